The van der Waals surface area contributed by atoms with Crippen LogP contribution in [0.1, 0.15) is 11.1 Å². The van der Waals surface area contributed by atoms with Gasteiger partial charge in [-0.3, -0.25) is 9.59 Å². The van der Waals surface area contributed by atoms with E-state index < -0.39 is 11.8 Å². The van der Waals surface area contributed by atoms with Crippen molar-refractivity contribution in [2.45, 2.75) is 13.0 Å². The van der Waals surface area contributed by atoms with Gasteiger partial charge in [0.15, 0.2) is 11.5 Å². The fourth-order valence-corrected chi connectivity index (χ4v) is 2.37. The lowest BCUT2D eigenvalue weighted by atomic mass is 10.1. The van der Waals surface area contributed by atoms with Crippen molar-refractivity contribution in [3.8, 4) is 11.5 Å². The quantitative estimate of drug-likeness (QED) is 0.807. The van der Waals surface area contributed by atoms with Crippen LogP contribution in [0.15, 0.2) is 42.5 Å². The van der Waals surface area contributed by atoms with Gasteiger partial charge in [-0.1, -0.05) is 18.2 Å². The number of halogens is 1. The van der Waals surface area contributed by atoms with E-state index in [0.717, 1.165) is 11.1 Å². The first kappa shape index (κ1) is 16.8. The zero-order valence-corrected chi connectivity index (χ0v) is 13.4. The molecule has 0 fully saturated rings. The van der Waals surface area contributed by atoms with Crippen LogP contribution in [0.3, 0.4) is 0 Å². The Morgan fingerprint density at radius 2 is 1.60 bits per heavy atom. The summed E-state index contributed by atoms with van der Waals surface area (Å²) in [5.41, 5.74) is 1.68. The van der Waals surface area contributed by atoms with Crippen molar-refractivity contribution in [1.29, 1.82) is 0 Å². The van der Waals surface area contributed by atoms with Gasteiger partial charge in [0.1, 0.15) is 5.82 Å². The molecule has 7 heteroatoms. The van der Waals surface area contributed by atoms with Gasteiger partial charge in [-0.2, -0.15) is 0 Å². The van der Waals surface area contributed by atoms with Crippen LogP contribution in [0.2, 0.25) is 0 Å². The van der Waals surface area contributed by atoms with Gasteiger partial charge in [0.2, 0.25) is 6.79 Å². The molecular formula is C18H17FN2O4. The van der Waals surface area contributed by atoms with Gasteiger partial charge < -0.3 is 20.1 Å². The minimum absolute atomic E-state index is 0.182. The number of hydrogen-bond acceptors (Lipinski definition) is 4. The molecule has 0 saturated carbocycles. The van der Waals surface area contributed by atoms with E-state index in [9.17, 15) is 14.0 Å². The highest BCUT2D eigenvalue weighted by Gasteiger charge is 2.15. The molecule has 0 bridgehead atoms. The van der Waals surface area contributed by atoms with Gasteiger partial charge in [0, 0.05) is 13.1 Å². The highest BCUT2D eigenvalue weighted by atomic mass is 19.1. The molecule has 1 aliphatic heterocycles. The van der Waals surface area contributed by atoms with Gasteiger partial charge in [0.05, 0.1) is 0 Å². The Morgan fingerprint density at radius 3 is 2.40 bits per heavy atom. The summed E-state index contributed by atoms with van der Waals surface area (Å²) in [4.78, 5) is 23.6. The van der Waals surface area contributed by atoms with Crippen molar-refractivity contribution in [2.24, 2.45) is 0 Å². The second-order valence-electron chi connectivity index (χ2n) is 5.50. The summed E-state index contributed by atoms with van der Waals surface area (Å²) < 4.78 is 23.3. The van der Waals surface area contributed by atoms with Crippen LogP contribution in [0.5, 0.6) is 11.5 Å². The lowest BCUT2D eigenvalue weighted by Crippen LogP contribution is -2.40. The standard InChI is InChI=1S/C18H17FN2O4/c19-14-4-1-12(2-5-14)7-8-20-17(22)18(23)21-10-13-3-6-15-16(9-13)25-11-24-15/h1-6,9H,7-8,10-11H2,(H,20,22)(H,21,23). The van der Waals surface area contributed by atoms with E-state index in [-0.39, 0.29) is 19.2 Å². The number of carbonyl (C=O) groups excluding carboxylic acids is 2. The monoisotopic (exact) mass is 344 g/mol. The molecule has 0 aliphatic carbocycles. The highest BCUT2D eigenvalue weighted by molar-refractivity contribution is 6.35. The minimum atomic E-state index is -0.711. The predicted molar refractivity (Wildman–Crippen MR) is 87.5 cm³/mol. The molecule has 25 heavy (non-hydrogen) atoms. The molecule has 0 spiro atoms. The van der Waals surface area contributed by atoms with Crippen molar-refractivity contribution in [1.82, 2.24) is 10.6 Å². The maximum Gasteiger partial charge on any atom is 0.309 e. The summed E-state index contributed by atoms with van der Waals surface area (Å²) in [7, 11) is 0. The molecule has 0 saturated heterocycles. The Hall–Kier alpha value is -3.09. The van der Waals surface area contributed by atoms with Gasteiger partial charge in [-0.05, 0) is 41.8 Å². The molecule has 0 radical (unpaired) electrons. The van der Waals surface area contributed by atoms with Crippen LogP contribution in [0.4, 0.5) is 4.39 Å². The smallest absolute Gasteiger partial charge is 0.309 e. The fourth-order valence-electron chi connectivity index (χ4n) is 2.37. The normalized spacial score (nSPS) is 11.9. The van der Waals surface area contributed by atoms with Gasteiger partial charge in [0.25, 0.3) is 0 Å². The number of ether oxygens (including phenoxy) is 2. The van der Waals surface area contributed by atoms with E-state index >= 15 is 0 Å². The zero-order valence-electron chi connectivity index (χ0n) is 13.4. The number of hydrogen-bond donors (Lipinski definition) is 2. The molecular weight excluding hydrogens is 327 g/mol. The maximum absolute atomic E-state index is 12.8. The van der Waals surface area contributed by atoms with E-state index in [4.69, 9.17) is 9.47 Å². The molecule has 2 aromatic rings. The summed E-state index contributed by atoms with van der Waals surface area (Å²) in [6.45, 7) is 0.685. The number of amides is 2. The Balaban J connectivity index is 1.41. The maximum atomic E-state index is 12.8. The first-order valence-electron chi connectivity index (χ1n) is 7.81. The summed E-state index contributed by atoms with van der Waals surface area (Å²) in [5.74, 6) is -0.445. The molecule has 6 nitrogen and oxygen atoms in total. The fraction of sp³-hybridized carbons (Fsp3) is 0.222. The van der Waals surface area contributed by atoms with Crippen molar-refractivity contribution in [3.05, 3.63) is 59.4 Å². The minimum Gasteiger partial charge on any atom is -0.454 e. The predicted octanol–water partition coefficient (Wildman–Crippen LogP) is 1.53. The van der Waals surface area contributed by atoms with Gasteiger partial charge >= 0.3 is 11.8 Å². The average molecular weight is 344 g/mol. The van der Waals surface area contributed by atoms with Crippen LogP contribution < -0.4 is 20.1 Å². The zero-order chi connectivity index (χ0) is 17.6. The summed E-state index contributed by atoms with van der Waals surface area (Å²) in [5, 5.41) is 5.08. The average Bonchev–Trinajstić information content (AvgIpc) is 3.09. The molecule has 3 rings (SSSR count). The van der Waals surface area contributed by atoms with Crippen LogP contribution in [-0.2, 0) is 22.6 Å². The lowest BCUT2D eigenvalue weighted by Gasteiger charge is -2.07. The first-order valence-corrected chi connectivity index (χ1v) is 7.81. The Kier molecular flexibility index (Phi) is 5.13. The number of benzene rings is 2. The number of nitrogens with one attached hydrogen (secondary N) is 2. The third-order valence-electron chi connectivity index (χ3n) is 3.71. The molecule has 2 aromatic carbocycles. The SMILES string of the molecule is O=C(NCCc1ccc(F)cc1)C(=O)NCc1ccc2c(c1)OCO2. The third kappa shape index (κ3) is 4.47. The third-order valence-corrected chi connectivity index (χ3v) is 3.71. The van der Waals surface area contributed by atoms with Crippen molar-refractivity contribution in [3.63, 3.8) is 0 Å². The second kappa shape index (κ2) is 7.65. The highest BCUT2D eigenvalue weighted by Crippen LogP contribution is 2.32. The van der Waals surface area contributed by atoms with E-state index in [1.54, 1.807) is 30.3 Å². The number of fused-ring (bicyclic) bond motifs is 1. The first-order chi connectivity index (χ1) is 12.1. The summed E-state index contributed by atoms with van der Waals surface area (Å²) in [6, 6.07) is 11.3. The molecule has 130 valence electrons. The molecule has 0 unspecified atom stereocenters. The Bertz CT molecular complexity index is 777. The second-order valence-corrected chi connectivity index (χ2v) is 5.50. The van der Waals surface area contributed by atoms with E-state index in [2.05, 4.69) is 10.6 Å². The summed E-state index contributed by atoms with van der Waals surface area (Å²) >= 11 is 0. The van der Waals surface area contributed by atoms with E-state index in [1.165, 1.54) is 12.1 Å². The summed E-state index contributed by atoms with van der Waals surface area (Å²) in [6.07, 6.45) is 0.515. The van der Waals surface area contributed by atoms with E-state index in [1.807, 2.05) is 0 Å². The van der Waals surface area contributed by atoms with Crippen molar-refractivity contribution in [2.75, 3.05) is 13.3 Å². The van der Waals surface area contributed by atoms with Gasteiger partial charge in [-0.25, -0.2) is 4.39 Å². The molecule has 1 heterocycles. The Labute approximate surface area is 143 Å². The van der Waals surface area contributed by atoms with Crippen LogP contribution in [0, 0.1) is 5.82 Å². The molecule has 1 aliphatic rings. The molecule has 0 aromatic heterocycles. The number of carbonyl (C=O) groups is 2. The molecule has 0 atom stereocenters. The number of rotatable bonds is 5. The largest absolute Gasteiger partial charge is 0.454 e. The lowest BCUT2D eigenvalue weighted by molar-refractivity contribution is -0.139. The molecule has 2 amide bonds. The van der Waals surface area contributed by atoms with E-state index in [0.29, 0.717) is 24.5 Å². The topological polar surface area (TPSA) is 76.7 Å². The van der Waals surface area contributed by atoms with Crippen molar-refractivity contribution < 1.29 is 23.5 Å². The van der Waals surface area contributed by atoms with Crippen LogP contribution >= 0.6 is 0 Å². The van der Waals surface area contributed by atoms with Crippen LogP contribution in [-0.4, -0.2) is 25.2 Å². The van der Waals surface area contributed by atoms with Crippen LogP contribution in [0.25, 0.3) is 0 Å². The van der Waals surface area contributed by atoms with Crippen molar-refractivity contribution >= 4 is 11.8 Å². The van der Waals surface area contributed by atoms with Gasteiger partial charge in [-0.15, -0.1) is 0 Å². The Morgan fingerprint density at radius 1 is 0.920 bits per heavy atom. The molecule has 2 N–H and O–H groups in total.